The third-order valence-electron chi connectivity index (χ3n) is 7.99. The Labute approximate surface area is 218 Å². The molecule has 35 heavy (non-hydrogen) atoms. The fourth-order valence-electron chi connectivity index (χ4n) is 6.64. The predicted octanol–water partition coefficient (Wildman–Crippen LogP) is 7.86. The van der Waals surface area contributed by atoms with E-state index in [1.165, 1.54) is 43.8 Å². The molecule has 0 saturated carbocycles. The highest BCUT2D eigenvalue weighted by Crippen LogP contribution is 2.56. The number of benzene rings is 4. The first-order valence-electron chi connectivity index (χ1n) is 12.1. The molecule has 172 valence electrons. The Kier molecular flexibility index (Phi) is 5.60. The van der Waals surface area contributed by atoms with Crippen LogP contribution in [0.1, 0.15) is 47.2 Å². The average Bonchev–Trinajstić information content (AvgIpc) is 3.32. The normalized spacial score (nSPS) is 19.2. The van der Waals surface area contributed by atoms with E-state index in [1.54, 1.807) is 0 Å². The lowest BCUT2D eigenvalue weighted by atomic mass is 10.1. The molecule has 0 radical (unpaired) electrons. The summed E-state index contributed by atoms with van der Waals surface area (Å²) in [5, 5.41) is 4.60. The van der Waals surface area contributed by atoms with E-state index in [1.807, 2.05) is 0 Å². The van der Waals surface area contributed by atoms with E-state index in [9.17, 15) is 0 Å². The largest absolute Gasteiger partial charge is 0.140 e. The van der Waals surface area contributed by atoms with E-state index in [4.69, 9.17) is 23.2 Å². The SMILES string of the molecule is CC1=C(Cl)c2ccccc2C1[Si](c1ccccc1)(c1ccccc1)C1C(C)=C(Cl)c2ccccc21. The van der Waals surface area contributed by atoms with Gasteiger partial charge >= 0.3 is 0 Å². The number of hydrogen-bond acceptors (Lipinski definition) is 0. The van der Waals surface area contributed by atoms with Crippen molar-refractivity contribution < 1.29 is 0 Å². The molecule has 4 aromatic carbocycles. The molecule has 0 N–H and O–H groups in total. The van der Waals surface area contributed by atoms with Crippen molar-refractivity contribution in [2.24, 2.45) is 0 Å². The molecule has 4 aromatic rings. The van der Waals surface area contributed by atoms with Crippen LogP contribution in [-0.2, 0) is 0 Å². The topological polar surface area (TPSA) is 0 Å². The van der Waals surface area contributed by atoms with Gasteiger partial charge in [0.1, 0.15) is 8.07 Å². The van der Waals surface area contributed by atoms with Crippen LogP contribution >= 0.6 is 23.2 Å². The quantitative estimate of drug-likeness (QED) is 0.246. The molecule has 0 heterocycles. The summed E-state index contributed by atoms with van der Waals surface area (Å²) in [6, 6.07) is 39.7. The lowest BCUT2D eigenvalue weighted by Crippen LogP contribution is -2.67. The van der Waals surface area contributed by atoms with Crippen LogP contribution < -0.4 is 10.4 Å². The minimum atomic E-state index is -2.68. The number of allylic oxidation sites excluding steroid dienone is 2. The lowest BCUT2D eigenvalue weighted by molar-refractivity contribution is 0.990. The van der Waals surface area contributed by atoms with Gasteiger partial charge in [-0.3, -0.25) is 0 Å². The first-order chi connectivity index (χ1) is 17.1. The zero-order valence-electron chi connectivity index (χ0n) is 19.8. The molecule has 0 aromatic heterocycles. The fourth-order valence-corrected chi connectivity index (χ4v) is 14.0. The summed E-state index contributed by atoms with van der Waals surface area (Å²) in [4.78, 5) is 0. The van der Waals surface area contributed by atoms with Crippen LogP contribution in [0.15, 0.2) is 120 Å². The van der Waals surface area contributed by atoms with E-state index in [0.717, 1.165) is 10.1 Å². The first-order valence-corrected chi connectivity index (χ1v) is 15.0. The second-order valence-electron chi connectivity index (χ2n) is 9.64. The van der Waals surface area contributed by atoms with Crippen molar-refractivity contribution in [1.29, 1.82) is 0 Å². The van der Waals surface area contributed by atoms with Gasteiger partial charge in [0.15, 0.2) is 0 Å². The number of rotatable bonds is 4. The van der Waals surface area contributed by atoms with Crippen LogP contribution in [0.2, 0.25) is 0 Å². The molecule has 0 fully saturated rings. The first kappa shape index (κ1) is 22.6. The summed E-state index contributed by atoms with van der Waals surface area (Å²) in [6.45, 7) is 4.48. The maximum atomic E-state index is 7.10. The van der Waals surface area contributed by atoms with E-state index in [0.29, 0.717) is 0 Å². The van der Waals surface area contributed by atoms with Gasteiger partial charge in [0, 0.05) is 21.1 Å². The summed E-state index contributed by atoms with van der Waals surface area (Å²) in [5.41, 5.74) is 7.91. The molecule has 6 rings (SSSR count). The second kappa shape index (κ2) is 8.67. The Morgan fingerprint density at radius 1 is 0.486 bits per heavy atom. The van der Waals surface area contributed by atoms with Gasteiger partial charge in [-0.2, -0.15) is 0 Å². The molecule has 0 saturated heterocycles. The van der Waals surface area contributed by atoms with Crippen molar-refractivity contribution in [3.05, 3.63) is 143 Å². The van der Waals surface area contributed by atoms with Crippen LogP contribution in [0.25, 0.3) is 10.1 Å². The predicted molar refractivity (Wildman–Crippen MR) is 153 cm³/mol. The minimum Gasteiger partial charge on any atom is -0.0837 e. The highest BCUT2D eigenvalue weighted by atomic mass is 35.5. The summed E-state index contributed by atoms with van der Waals surface area (Å²) in [7, 11) is -2.68. The molecule has 0 bridgehead atoms. The monoisotopic (exact) mass is 508 g/mol. The second-order valence-corrected chi connectivity index (χ2v) is 14.4. The molecule has 2 aliphatic carbocycles. The van der Waals surface area contributed by atoms with Crippen molar-refractivity contribution in [2.45, 2.75) is 24.9 Å². The Balaban J connectivity index is 1.79. The molecule has 2 atom stereocenters. The van der Waals surface area contributed by atoms with Crippen LogP contribution in [-0.4, -0.2) is 8.07 Å². The molecular formula is C32H26Cl2Si. The van der Waals surface area contributed by atoms with Gasteiger partial charge < -0.3 is 0 Å². The third-order valence-corrected chi connectivity index (χ3v) is 14.9. The number of hydrogen-bond donors (Lipinski definition) is 0. The highest BCUT2D eigenvalue weighted by molar-refractivity contribution is 7.05. The Morgan fingerprint density at radius 2 is 0.829 bits per heavy atom. The molecular weight excluding hydrogens is 483 g/mol. The highest BCUT2D eigenvalue weighted by Gasteiger charge is 2.57. The molecule has 2 unspecified atom stereocenters. The maximum absolute atomic E-state index is 7.10. The van der Waals surface area contributed by atoms with E-state index < -0.39 is 8.07 Å². The van der Waals surface area contributed by atoms with Gasteiger partial charge in [0.25, 0.3) is 0 Å². The van der Waals surface area contributed by atoms with Crippen molar-refractivity contribution in [2.75, 3.05) is 0 Å². The van der Waals surface area contributed by atoms with Crippen molar-refractivity contribution in [3.63, 3.8) is 0 Å². The van der Waals surface area contributed by atoms with Gasteiger partial charge in [0.2, 0.25) is 0 Å². The lowest BCUT2D eigenvalue weighted by Gasteiger charge is -2.45. The molecule has 0 amide bonds. The third kappa shape index (κ3) is 3.19. The zero-order chi connectivity index (χ0) is 24.2. The van der Waals surface area contributed by atoms with E-state index in [-0.39, 0.29) is 11.1 Å². The van der Waals surface area contributed by atoms with Crippen LogP contribution in [0, 0.1) is 0 Å². The van der Waals surface area contributed by atoms with Gasteiger partial charge in [-0.15, -0.1) is 0 Å². The molecule has 0 nitrogen and oxygen atoms in total. The molecule has 0 aliphatic heterocycles. The van der Waals surface area contributed by atoms with Gasteiger partial charge in [0.05, 0.1) is 0 Å². The number of fused-ring (bicyclic) bond motifs is 2. The van der Waals surface area contributed by atoms with Gasteiger partial charge in [-0.1, -0.05) is 143 Å². The minimum absolute atomic E-state index is 0.187. The molecule has 3 heteroatoms. The Morgan fingerprint density at radius 3 is 1.23 bits per heavy atom. The summed E-state index contributed by atoms with van der Waals surface area (Å²) >= 11 is 14.2. The van der Waals surface area contributed by atoms with Crippen molar-refractivity contribution >= 4 is 51.7 Å². The van der Waals surface area contributed by atoms with E-state index >= 15 is 0 Å². The fraction of sp³-hybridized carbons (Fsp3) is 0.125. The van der Waals surface area contributed by atoms with Crippen LogP contribution in [0.5, 0.6) is 0 Å². The van der Waals surface area contributed by atoms with Gasteiger partial charge in [-0.05, 0) is 47.2 Å². The molecule has 2 aliphatic rings. The summed E-state index contributed by atoms with van der Waals surface area (Å²) in [5.74, 6) is 0. The maximum Gasteiger partial charge on any atom is 0.140 e. The van der Waals surface area contributed by atoms with Crippen molar-refractivity contribution in [1.82, 2.24) is 0 Å². The van der Waals surface area contributed by atoms with Crippen LogP contribution in [0.4, 0.5) is 0 Å². The summed E-state index contributed by atoms with van der Waals surface area (Å²) in [6.07, 6.45) is 0. The Hall–Kier alpha value is -2.84. The van der Waals surface area contributed by atoms with Crippen molar-refractivity contribution in [3.8, 4) is 0 Å². The van der Waals surface area contributed by atoms with Gasteiger partial charge in [-0.25, -0.2) is 0 Å². The zero-order valence-corrected chi connectivity index (χ0v) is 22.3. The summed E-state index contributed by atoms with van der Waals surface area (Å²) < 4.78 is 0. The average molecular weight is 510 g/mol. The van der Waals surface area contributed by atoms with Crippen LogP contribution in [0.3, 0.4) is 0 Å². The smallest absolute Gasteiger partial charge is 0.0837 e. The number of halogens is 2. The molecule has 0 spiro atoms. The standard InChI is InChI=1S/C32H26Cl2Si/c1-21-29(33)25-17-9-11-19-27(25)31(21)35(23-13-5-3-6-14-23,24-15-7-4-8-16-24)32-22(2)30(34)26-18-10-12-20-28(26)32/h3-20,31-32H,1-2H3. The van der Waals surface area contributed by atoms with E-state index in [2.05, 4.69) is 123 Å². The Bertz CT molecular complexity index is 1370.